The van der Waals surface area contributed by atoms with Gasteiger partial charge in [-0.05, 0) is 37.9 Å². The Bertz CT molecular complexity index is 630. The van der Waals surface area contributed by atoms with E-state index >= 15 is 0 Å². The second-order valence-electron chi connectivity index (χ2n) is 6.46. The van der Waals surface area contributed by atoms with Crippen molar-refractivity contribution in [3.05, 3.63) is 54.1 Å². The molecule has 1 aliphatic heterocycles. The van der Waals surface area contributed by atoms with Crippen LogP contribution in [-0.4, -0.2) is 47.1 Å². The number of amides is 1. The molecule has 6 heteroatoms. The zero-order chi connectivity index (χ0) is 17.3. The first-order chi connectivity index (χ1) is 12.3. The maximum absolute atomic E-state index is 11.7. The fraction of sp³-hybridized carbons (Fsp3) is 0.474. The summed E-state index contributed by atoms with van der Waals surface area (Å²) >= 11 is 0. The molecule has 2 aromatic rings. The van der Waals surface area contributed by atoms with Crippen molar-refractivity contribution in [2.75, 3.05) is 26.2 Å². The van der Waals surface area contributed by atoms with Crippen molar-refractivity contribution in [3.8, 4) is 0 Å². The molecule has 1 saturated heterocycles. The number of rotatable bonds is 7. The van der Waals surface area contributed by atoms with Crippen LogP contribution in [-0.2, 0) is 11.3 Å². The lowest BCUT2D eigenvalue weighted by Crippen LogP contribution is -2.37. The highest BCUT2D eigenvalue weighted by Crippen LogP contribution is 2.24. The van der Waals surface area contributed by atoms with Crippen molar-refractivity contribution >= 4 is 6.09 Å². The SMILES string of the molecule is O=C(NCCCN1CCC[C@@H](c2ncc[nH]2)C1)OCc1ccccc1. The van der Waals surface area contributed by atoms with E-state index in [-0.39, 0.29) is 6.09 Å². The Morgan fingerprint density at radius 2 is 2.24 bits per heavy atom. The second-order valence-corrected chi connectivity index (χ2v) is 6.46. The fourth-order valence-electron chi connectivity index (χ4n) is 3.25. The van der Waals surface area contributed by atoms with Gasteiger partial charge in [-0.3, -0.25) is 0 Å². The highest BCUT2D eigenvalue weighted by Gasteiger charge is 2.22. The summed E-state index contributed by atoms with van der Waals surface area (Å²) in [7, 11) is 0. The Balaban J connectivity index is 1.29. The number of ether oxygens (including phenoxy) is 1. The van der Waals surface area contributed by atoms with Gasteiger partial charge in [0.25, 0.3) is 0 Å². The largest absolute Gasteiger partial charge is 0.445 e. The Labute approximate surface area is 148 Å². The molecule has 2 N–H and O–H groups in total. The summed E-state index contributed by atoms with van der Waals surface area (Å²) in [6.07, 6.45) is 6.66. The van der Waals surface area contributed by atoms with Gasteiger partial charge in [-0.15, -0.1) is 0 Å². The van der Waals surface area contributed by atoms with E-state index in [0.717, 1.165) is 37.4 Å². The molecular formula is C19H26N4O2. The van der Waals surface area contributed by atoms with E-state index in [1.54, 1.807) is 0 Å². The van der Waals surface area contributed by atoms with E-state index in [1.165, 1.54) is 12.8 Å². The lowest BCUT2D eigenvalue weighted by molar-refractivity contribution is 0.138. The maximum Gasteiger partial charge on any atom is 0.407 e. The summed E-state index contributed by atoms with van der Waals surface area (Å²) in [5.41, 5.74) is 0.995. The Morgan fingerprint density at radius 1 is 1.36 bits per heavy atom. The van der Waals surface area contributed by atoms with E-state index < -0.39 is 0 Å². The van der Waals surface area contributed by atoms with Gasteiger partial charge in [-0.1, -0.05) is 30.3 Å². The first-order valence-corrected chi connectivity index (χ1v) is 8.97. The average molecular weight is 342 g/mol. The quantitative estimate of drug-likeness (QED) is 0.759. The summed E-state index contributed by atoms with van der Waals surface area (Å²) in [5, 5.41) is 2.82. The zero-order valence-corrected chi connectivity index (χ0v) is 14.5. The number of aromatic amines is 1. The standard InChI is InChI=1S/C19H26N4O2/c24-19(25-15-16-6-2-1-3-7-16)22-9-5-13-23-12-4-8-17(14-23)18-20-10-11-21-18/h1-3,6-7,10-11,17H,4-5,8-9,12-15H2,(H,20,21)(H,22,24)/t17-/m1/s1. The molecule has 1 amide bonds. The number of H-pyrrole nitrogens is 1. The minimum atomic E-state index is -0.351. The van der Waals surface area contributed by atoms with Gasteiger partial charge in [-0.25, -0.2) is 9.78 Å². The molecule has 1 atom stereocenters. The summed E-state index contributed by atoms with van der Waals surface area (Å²) in [6.45, 7) is 4.08. The second kappa shape index (κ2) is 9.22. The Hall–Kier alpha value is -2.34. The molecule has 1 aromatic heterocycles. The van der Waals surface area contributed by atoms with Gasteiger partial charge in [-0.2, -0.15) is 0 Å². The van der Waals surface area contributed by atoms with Crippen LogP contribution >= 0.6 is 0 Å². The summed E-state index contributed by atoms with van der Waals surface area (Å²) in [4.78, 5) is 21.8. The first kappa shape index (κ1) is 17.5. The van der Waals surface area contributed by atoms with E-state index in [2.05, 4.69) is 20.2 Å². The van der Waals surface area contributed by atoms with Gasteiger partial charge in [0.15, 0.2) is 0 Å². The molecular weight excluding hydrogens is 316 g/mol. The molecule has 0 radical (unpaired) electrons. The molecule has 0 saturated carbocycles. The summed E-state index contributed by atoms with van der Waals surface area (Å²) in [6, 6.07) is 9.70. The number of piperidine rings is 1. The van der Waals surface area contributed by atoms with Crippen molar-refractivity contribution in [1.82, 2.24) is 20.2 Å². The van der Waals surface area contributed by atoms with Gasteiger partial charge in [0.05, 0.1) is 0 Å². The lowest BCUT2D eigenvalue weighted by atomic mass is 9.97. The molecule has 1 aliphatic rings. The van der Waals surface area contributed by atoms with E-state index in [9.17, 15) is 4.79 Å². The van der Waals surface area contributed by atoms with Crippen LogP contribution in [0.2, 0.25) is 0 Å². The number of nitrogens with one attached hydrogen (secondary N) is 2. The molecule has 3 rings (SSSR count). The molecule has 2 heterocycles. The van der Waals surface area contributed by atoms with Crippen molar-refractivity contribution < 1.29 is 9.53 Å². The molecule has 0 spiro atoms. The van der Waals surface area contributed by atoms with E-state index in [0.29, 0.717) is 19.1 Å². The zero-order valence-electron chi connectivity index (χ0n) is 14.5. The predicted octanol–water partition coefficient (Wildman–Crippen LogP) is 2.91. The van der Waals surface area contributed by atoms with Crippen LogP contribution in [0, 0.1) is 0 Å². The van der Waals surface area contributed by atoms with Crippen LogP contribution in [0.4, 0.5) is 4.79 Å². The van der Waals surface area contributed by atoms with Crippen LogP contribution in [0.15, 0.2) is 42.7 Å². The van der Waals surface area contributed by atoms with Crippen LogP contribution in [0.25, 0.3) is 0 Å². The van der Waals surface area contributed by atoms with Crippen molar-refractivity contribution in [2.45, 2.75) is 31.8 Å². The first-order valence-electron chi connectivity index (χ1n) is 8.97. The number of carbonyl (C=O) groups is 1. The molecule has 1 aromatic carbocycles. The van der Waals surface area contributed by atoms with Gasteiger partial charge < -0.3 is 19.9 Å². The highest BCUT2D eigenvalue weighted by molar-refractivity contribution is 5.67. The van der Waals surface area contributed by atoms with Gasteiger partial charge in [0.2, 0.25) is 0 Å². The smallest absolute Gasteiger partial charge is 0.407 e. The summed E-state index contributed by atoms with van der Waals surface area (Å²) < 4.78 is 5.21. The molecule has 1 fully saturated rings. The number of hydrogen-bond donors (Lipinski definition) is 2. The number of imidazole rings is 1. The van der Waals surface area contributed by atoms with Crippen LogP contribution in [0.1, 0.15) is 36.6 Å². The Morgan fingerprint density at radius 3 is 3.04 bits per heavy atom. The number of nitrogens with zero attached hydrogens (tertiary/aromatic N) is 2. The van der Waals surface area contributed by atoms with Crippen LogP contribution in [0.5, 0.6) is 0 Å². The topological polar surface area (TPSA) is 70.2 Å². The van der Waals surface area contributed by atoms with Gasteiger partial charge in [0, 0.05) is 31.4 Å². The summed E-state index contributed by atoms with van der Waals surface area (Å²) in [5.74, 6) is 1.58. The number of carbonyl (C=O) groups excluding carboxylic acids is 1. The third kappa shape index (κ3) is 5.60. The molecule has 6 nitrogen and oxygen atoms in total. The predicted molar refractivity (Wildman–Crippen MR) is 96.2 cm³/mol. The number of hydrogen-bond acceptors (Lipinski definition) is 4. The maximum atomic E-state index is 11.7. The van der Waals surface area contributed by atoms with Crippen molar-refractivity contribution in [1.29, 1.82) is 0 Å². The third-order valence-corrected chi connectivity index (χ3v) is 4.54. The molecule has 0 bridgehead atoms. The normalized spacial score (nSPS) is 18.0. The fourth-order valence-corrected chi connectivity index (χ4v) is 3.25. The molecule has 134 valence electrons. The Kier molecular flexibility index (Phi) is 6.45. The average Bonchev–Trinajstić information content (AvgIpc) is 3.19. The third-order valence-electron chi connectivity index (χ3n) is 4.54. The van der Waals surface area contributed by atoms with Gasteiger partial charge >= 0.3 is 6.09 Å². The number of likely N-dealkylation sites (tertiary alicyclic amines) is 1. The number of benzene rings is 1. The van der Waals surface area contributed by atoms with Crippen molar-refractivity contribution in [2.24, 2.45) is 0 Å². The van der Waals surface area contributed by atoms with Crippen molar-refractivity contribution in [3.63, 3.8) is 0 Å². The molecule has 25 heavy (non-hydrogen) atoms. The van der Waals surface area contributed by atoms with Crippen LogP contribution < -0.4 is 5.32 Å². The van der Waals surface area contributed by atoms with Crippen LogP contribution in [0.3, 0.4) is 0 Å². The van der Waals surface area contributed by atoms with E-state index in [1.807, 2.05) is 42.7 Å². The monoisotopic (exact) mass is 342 g/mol. The number of aromatic nitrogens is 2. The van der Waals surface area contributed by atoms with E-state index in [4.69, 9.17) is 4.74 Å². The minimum Gasteiger partial charge on any atom is -0.445 e. The van der Waals surface area contributed by atoms with Gasteiger partial charge in [0.1, 0.15) is 12.4 Å². The molecule has 0 unspecified atom stereocenters. The minimum absolute atomic E-state index is 0.309. The molecule has 0 aliphatic carbocycles. The highest BCUT2D eigenvalue weighted by atomic mass is 16.5. The number of alkyl carbamates (subject to hydrolysis) is 1. The lowest BCUT2D eigenvalue weighted by Gasteiger charge is -2.31.